The van der Waals surface area contributed by atoms with Crippen molar-refractivity contribution in [2.75, 3.05) is 0 Å². The summed E-state index contributed by atoms with van der Waals surface area (Å²) in [6.07, 6.45) is 0. The first-order chi connectivity index (χ1) is 12.5. The molecule has 0 N–H and O–H groups in total. The van der Waals surface area contributed by atoms with Crippen LogP contribution in [-0.4, -0.2) is 25.1 Å². The van der Waals surface area contributed by atoms with E-state index < -0.39 is 5.82 Å². The average molecular weight is 414 g/mol. The summed E-state index contributed by atoms with van der Waals surface area (Å²) in [7, 11) is 0. The third-order valence-electron chi connectivity index (χ3n) is 4.05. The molecule has 2 aromatic carbocycles. The number of benzene rings is 2. The lowest BCUT2D eigenvalue weighted by Gasteiger charge is -2.04. The van der Waals surface area contributed by atoms with Crippen molar-refractivity contribution in [1.29, 1.82) is 0 Å². The quantitative estimate of drug-likeness (QED) is 0.494. The van der Waals surface area contributed by atoms with E-state index >= 15 is 0 Å². The van der Waals surface area contributed by atoms with Crippen LogP contribution in [0.3, 0.4) is 0 Å². The third-order valence-corrected chi connectivity index (χ3v) is 4.54. The summed E-state index contributed by atoms with van der Waals surface area (Å²) < 4.78 is 21.7. The normalized spacial score (nSPS) is 11.1. The van der Waals surface area contributed by atoms with E-state index in [1.54, 1.807) is 19.1 Å². The molecule has 8 heteroatoms. The van der Waals surface area contributed by atoms with Crippen molar-refractivity contribution in [2.24, 2.45) is 0 Å². The molecule has 0 saturated heterocycles. The van der Waals surface area contributed by atoms with Crippen LogP contribution in [0.4, 0.5) is 4.39 Å². The second-order valence-corrected chi connectivity index (χ2v) is 6.68. The lowest BCUT2D eigenvalue weighted by atomic mass is 10.1. The van der Waals surface area contributed by atoms with Gasteiger partial charge in [0.05, 0.1) is 5.69 Å². The van der Waals surface area contributed by atoms with Crippen molar-refractivity contribution in [3.05, 3.63) is 64.0 Å². The minimum absolute atomic E-state index is 0.240. The Morgan fingerprint density at radius 2 is 1.92 bits per heavy atom. The molecule has 4 aromatic rings. The number of nitrogens with zero attached hydrogens (tertiary/aromatic N) is 5. The van der Waals surface area contributed by atoms with Gasteiger partial charge in [-0.1, -0.05) is 50.6 Å². The van der Waals surface area contributed by atoms with Gasteiger partial charge in [-0.15, -0.1) is 5.10 Å². The van der Waals surface area contributed by atoms with Gasteiger partial charge in [0.1, 0.15) is 11.5 Å². The van der Waals surface area contributed by atoms with Crippen LogP contribution in [0.1, 0.15) is 11.3 Å². The molecule has 0 spiro atoms. The summed E-state index contributed by atoms with van der Waals surface area (Å²) in [4.78, 5) is 4.42. The summed E-state index contributed by atoms with van der Waals surface area (Å²) in [6, 6.07) is 12.5. The van der Waals surface area contributed by atoms with Crippen LogP contribution in [0.15, 0.2) is 51.5 Å². The molecule has 0 aliphatic rings. The largest absolute Gasteiger partial charge is 0.332 e. The predicted octanol–water partition coefficient (Wildman–Crippen LogP) is 4.50. The summed E-state index contributed by atoms with van der Waals surface area (Å²) in [6.45, 7) is 3.75. The zero-order chi connectivity index (χ0) is 18.3. The standard InChI is InChI=1S/C18H13BrFN5O/c1-10-5-3-4-6-13(10)17-21-18(26-23-17)16-11(2)25(24-22-16)15-8-7-12(19)9-14(15)20/h3-9H,1-2H3. The molecule has 26 heavy (non-hydrogen) atoms. The molecule has 0 aliphatic heterocycles. The van der Waals surface area contributed by atoms with E-state index in [2.05, 4.69) is 36.4 Å². The van der Waals surface area contributed by atoms with Crippen LogP contribution in [0.2, 0.25) is 0 Å². The lowest BCUT2D eigenvalue weighted by Crippen LogP contribution is -2.02. The summed E-state index contributed by atoms with van der Waals surface area (Å²) >= 11 is 3.24. The molecule has 2 heterocycles. The van der Waals surface area contributed by atoms with Crippen molar-refractivity contribution in [3.63, 3.8) is 0 Å². The molecule has 2 aromatic heterocycles. The number of rotatable bonds is 3. The Hall–Kier alpha value is -2.87. The van der Waals surface area contributed by atoms with E-state index in [9.17, 15) is 4.39 Å². The maximum absolute atomic E-state index is 14.2. The molecule has 0 amide bonds. The van der Waals surface area contributed by atoms with Gasteiger partial charge in [-0.3, -0.25) is 0 Å². The molecule has 0 fully saturated rings. The molecule has 0 unspecified atom stereocenters. The molecular weight excluding hydrogens is 401 g/mol. The van der Waals surface area contributed by atoms with Gasteiger partial charge in [-0.25, -0.2) is 9.07 Å². The zero-order valence-electron chi connectivity index (χ0n) is 13.9. The minimum atomic E-state index is -0.412. The zero-order valence-corrected chi connectivity index (χ0v) is 15.5. The Bertz CT molecular complexity index is 1100. The van der Waals surface area contributed by atoms with Crippen LogP contribution < -0.4 is 0 Å². The van der Waals surface area contributed by atoms with Crippen molar-refractivity contribution in [3.8, 4) is 28.7 Å². The van der Waals surface area contributed by atoms with Gasteiger partial charge in [0.2, 0.25) is 5.82 Å². The lowest BCUT2D eigenvalue weighted by molar-refractivity contribution is 0.430. The van der Waals surface area contributed by atoms with Crippen LogP contribution in [0, 0.1) is 19.7 Å². The first kappa shape index (κ1) is 16.6. The SMILES string of the molecule is Cc1ccccc1-c1noc(-c2nnn(-c3ccc(Br)cc3F)c2C)n1. The smallest absolute Gasteiger partial charge is 0.280 e. The Balaban J connectivity index is 1.75. The summed E-state index contributed by atoms with van der Waals surface area (Å²) in [5, 5.41) is 12.2. The van der Waals surface area contributed by atoms with Crippen LogP contribution in [0.25, 0.3) is 28.7 Å². The molecule has 6 nitrogen and oxygen atoms in total. The Kier molecular flexibility index (Phi) is 4.12. The molecule has 0 aliphatic carbocycles. The highest BCUT2D eigenvalue weighted by molar-refractivity contribution is 9.10. The molecule has 0 saturated carbocycles. The average Bonchev–Trinajstić information content (AvgIpc) is 3.22. The van der Waals surface area contributed by atoms with E-state index in [0.29, 0.717) is 27.4 Å². The van der Waals surface area contributed by atoms with E-state index in [-0.39, 0.29) is 5.89 Å². The van der Waals surface area contributed by atoms with E-state index in [1.807, 2.05) is 31.2 Å². The van der Waals surface area contributed by atoms with Crippen LogP contribution in [-0.2, 0) is 0 Å². The molecule has 0 bridgehead atoms. The third kappa shape index (κ3) is 2.82. The topological polar surface area (TPSA) is 69.6 Å². The fraction of sp³-hybridized carbons (Fsp3) is 0.111. The Labute approximate surface area is 156 Å². The molecular formula is C18H13BrFN5O. The first-order valence-corrected chi connectivity index (χ1v) is 8.61. The molecule has 0 atom stereocenters. The first-order valence-electron chi connectivity index (χ1n) is 7.82. The second-order valence-electron chi connectivity index (χ2n) is 5.77. The maximum atomic E-state index is 14.2. The number of hydrogen-bond donors (Lipinski definition) is 0. The molecule has 130 valence electrons. The Morgan fingerprint density at radius 3 is 2.69 bits per heavy atom. The highest BCUT2D eigenvalue weighted by Gasteiger charge is 2.20. The second kappa shape index (κ2) is 6.45. The van der Waals surface area contributed by atoms with Crippen LogP contribution >= 0.6 is 15.9 Å². The summed E-state index contributed by atoms with van der Waals surface area (Å²) in [5.74, 6) is 0.302. The molecule has 4 rings (SSSR count). The summed E-state index contributed by atoms with van der Waals surface area (Å²) in [5.41, 5.74) is 3.23. The number of aromatic nitrogens is 5. The van der Waals surface area contributed by atoms with Gasteiger partial charge in [0.25, 0.3) is 5.89 Å². The fourth-order valence-electron chi connectivity index (χ4n) is 2.66. The van der Waals surface area contributed by atoms with Gasteiger partial charge >= 0.3 is 0 Å². The van der Waals surface area contributed by atoms with E-state index in [0.717, 1.165) is 11.1 Å². The van der Waals surface area contributed by atoms with Crippen molar-refractivity contribution in [1.82, 2.24) is 25.1 Å². The maximum Gasteiger partial charge on any atom is 0.280 e. The monoisotopic (exact) mass is 413 g/mol. The number of halogens is 2. The fourth-order valence-corrected chi connectivity index (χ4v) is 2.99. The van der Waals surface area contributed by atoms with Gasteiger partial charge in [-0.05, 0) is 37.6 Å². The van der Waals surface area contributed by atoms with E-state index in [1.165, 1.54) is 10.7 Å². The van der Waals surface area contributed by atoms with Crippen molar-refractivity contribution in [2.45, 2.75) is 13.8 Å². The molecule has 0 radical (unpaired) electrons. The Morgan fingerprint density at radius 1 is 1.12 bits per heavy atom. The van der Waals surface area contributed by atoms with Gasteiger partial charge in [-0.2, -0.15) is 4.98 Å². The van der Waals surface area contributed by atoms with Gasteiger partial charge < -0.3 is 4.52 Å². The van der Waals surface area contributed by atoms with Crippen LogP contribution in [0.5, 0.6) is 0 Å². The number of aryl methyl sites for hydroxylation is 1. The van der Waals surface area contributed by atoms with Crippen molar-refractivity contribution >= 4 is 15.9 Å². The minimum Gasteiger partial charge on any atom is -0.332 e. The van der Waals surface area contributed by atoms with Crippen molar-refractivity contribution < 1.29 is 8.91 Å². The number of hydrogen-bond acceptors (Lipinski definition) is 5. The van der Waals surface area contributed by atoms with Gasteiger partial charge in [0.15, 0.2) is 5.69 Å². The van der Waals surface area contributed by atoms with Gasteiger partial charge in [0, 0.05) is 10.0 Å². The highest BCUT2D eigenvalue weighted by Crippen LogP contribution is 2.27. The van der Waals surface area contributed by atoms with E-state index in [4.69, 9.17) is 4.52 Å². The predicted molar refractivity (Wildman–Crippen MR) is 97.2 cm³/mol. The highest BCUT2D eigenvalue weighted by atomic mass is 79.9.